The van der Waals surface area contributed by atoms with Crippen molar-refractivity contribution in [2.24, 2.45) is 11.8 Å². The van der Waals surface area contributed by atoms with E-state index in [1.165, 1.54) is 19.3 Å². The molecular formula is C16H22N2O. The molecule has 4 atom stereocenters. The van der Waals surface area contributed by atoms with Gasteiger partial charge in [0, 0.05) is 17.3 Å². The molecule has 1 aromatic carbocycles. The van der Waals surface area contributed by atoms with E-state index in [1.807, 2.05) is 24.3 Å². The maximum absolute atomic E-state index is 12.1. The normalized spacial score (nSPS) is 33.9. The summed E-state index contributed by atoms with van der Waals surface area (Å²) in [6.45, 7) is 4.63. The van der Waals surface area contributed by atoms with Crippen molar-refractivity contribution in [3.05, 3.63) is 29.8 Å². The van der Waals surface area contributed by atoms with Crippen molar-refractivity contribution in [1.82, 2.24) is 5.32 Å². The minimum Gasteiger partial charge on any atom is -0.324 e. The molecular weight excluding hydrogens is 236 g/mol. The zero-order valence-electron chi connectivity index (χ0n) is 11.6. The van der Waals surface area contributed by atoms with Crippen molar-refractivity contribution in [2.75, 3.05) is 5.32 Å². The number of hydrogen-bond acceptors (Lipinski definition) is 2. The van der Waals surface area contributed by atoms with Gasteiger partial charge in [-0.05, 0) is 24.3 Å². The Balaban J connectivity index is 1.78. The zero-order chi connectivity index (χ0) is 13.4. The first-order chi connectivity index (χ1) is 9.16. The summed E-state index contributed by atoms with van der Waals surface area (Å²) in [5.41, 5.74) is 2.06. The smallest absolute Gasteiger partial charge is 0.246 e. The summed E-state index contributed by atoms with van der Waals surface area (Å²) >= 11 is 0. The van der Waals surface area contributed by atoms with E-state index in [2.05, 4.69) is 24.5 Å². The fourth-order valence-corrected chi connectivity index (χ4v) is 3.41. The molecule has 1 aliphatic heterocycles. The number of rotatable bonds is 2. The van der Waals surface area contributed by atoms with Crippen molar-refractivity contribution in [1.29, 1.82) is 0 Å². The molecule has 1 amide bonds. The number of fused-ring (bicyclic) bond motifs is 1. The van der Waals surface area contributed by atoms with Gasteiger partial charge in [0.15, 0.2) is 0 Å². The number of hydrogen-bond donors (Lipinski definition) is 2. The number of para-hydroxylation sites is 1. The second kappa shape index (κ2) is 4.97. The molecule has 4 unspecified atom stereocenters. The fraction of sp³-hybridized carbons (Fsp3) is 0.562. The average Bonchev–Trinajstić information content (AvgIpc) is 2.72. The number of anilines is 1. The minimum absolute atomic E-state index is 0.0895. The molecule has 1 fully saturated rings. The van der Waals surface area contributed by atoms with E-state index in [-0.39, 0.29) is 11.9 Å². The van der Waals surface area contributed by atoms with Gasteiger partial charge in [0.1, 0.15) is 6.04 Å². The van der Waals surface area contributed by atoms with Crippen LogP contribution in [0.3, 0.4) is 0 Å². The lowest BCUT2D eigenvalue weighted by atomic mass is 9.77. The summed E-state index contributed by atoms with van der Waals surface area (Å²) in [5, 5.41) is 6.55. The van der Waals surface area contributed by atoms with Crippen molar-refractivity contribution >= 4 is 11.6 Å². The second-order valence-electron chi connectivity index (χ2n) is 6.05. The van der Waals surface area contributed by atoms with Crippen LogP contribution >= 0.6 is 0 Å². The van der Waals surface area contributed by atoms with E-state index in [9.17, 15) is 4.79 Å². The summed E-state index contributed by atoms with van der Waals surface area (Å²) in [6, 6.07) is 8.26. The number of nitrogens with one attached hydrogen (secondary N) is 2. The molecule has 3 nitrogen and oxygen atoms in total. The van der Waals surface area contributed by atoms with Crippen LogP contribution in [0, 0.1) is 11.8 Å². The second-order valence-corrected chi connectivity index (χ2v) is 6.05. The Hall–Kier alpha value is -1.35. The van der Waals surface area contributed by atoms with Crippen molar-refractivity contribution in [3.63, 3.8) is 0 Å². The maximum atomic E-state index is 12.1. The van der Waals surface area contributed by atoms with Gasteiger partial charge in [-0.25, -0.2) is 0 Å². The van der Waals surface area contributed by atoms with E-state index in [4.69, 9.17) is 0 Å². The number of amides is 1. The molecule has 2 aliphatic rings. The van der Waals surface area contributed by atoms with Crippen LogP contribution in [0.1, 0.15) is 44.7 Å². The number of carbonyl (C=O) groups is 1. The minimum atomic E-state index is -0.172. The largest absolute Gasteiger partial charge is 0.324 e. The number of benzene rings is 1. The molecule has 2 N–H and O–H groups in total. The SMILES string of the molecule is CC1CCCC(NC2C(=O)Nc3ccccc32)C1C. The Morgan fingerprint density at radius 3 is 2.84 bits per heavy atom. The van der Waals surface area contributed by atoms with Crippen molar-refractivity contribution < 1.29 is 4.79 Å². The van der Waals surface area contributed by atoms with Gasteiger partial charge in [0.05, 0.1) is 0 Å². The zero-order valence-corrected chi connectivity index (χ0v) is 11.6. The van der Waals surface area contributed by atoms with Crippen LogP contribution < -0.4 is 10.6 Å². The lowest BCUT2D eigenvalue weighted by Crippen LogP contribution is -2.44. The summed E-state index contributed by atoms with van der Waals surface area (Å²) in [7, 11) is 0. The van der Waals surface area contributed by atoms with Crippen molar-refractivity contribution in [3.8, 4) is 0 Å². The average molecular weight is 258 g/mol. The van der Waals surface area contributed by atoms with Gasteiger partial charge in [-0.2, -0.15) is 0 Å². The van der Waals surface area contributed by atoms with Crippen LogP contribution in [0.25, 0.3) is 0 Å². The predicted octanol–water partition coefficient (Wildman–Crippen LogP) is 3.09. The molecule has 1 heterocycles. The van der Waals surface area contributed by atoms with Crippen LogP contribution in [0.5, 0.6) is 0 Å². The molecule has 0 radical (unpaired) electrons. The lowest BCUT2D eigenvalue weighted by molar-refractivity contribution is -0.118. The van der Waals surface area contributed by atoms with Crippen LogP contribution in [0.4, 0.5) is 5.69 Å². The Bertz CT molecular complexity index is 485. The molecule has 1 aromatic rings. The van der Waals surface area contributed by atoms with E-state index < -0.39 is 0 Å². The molecule has 0 saturated heterocycles. The van der Waals surface area contributed by atoms with Gasteiger partial charge in [0.2, 0.25) is 5.91 Å². The molecule has 1 saturated carbocycles. The highest BCUT2D eigenvalue weighted by atomic mass is 16.2. The van der Waals surface area contributed by atoms with Gasteiger partial charge in [-0.15, -0.1) is 0 Å². The Morgan fingerprint density at radius 2 is 2.00 bits per heavy atom. The van der Waals surface area contributed by atoms with Crippen molar-refractivity contribution in [2.45, 2.75) is 45.2 Å². The molecule has 3 heteroatoms. The molecule has 0 bridgehead atoms. The highest BCUT2D eigenvalue weighted by Crippen LogP contribution is 2.35. The molecule has 0 aromatic heterocycles. The highest BCUT2D eigenvalue weighted by Gasteiger charge is 2.35. The standard InChI is InChI=1S/C16H22N2O/c1-10-6-5-9-13(11(10)2)17-15-12-7-3-4-8-14(12)18-16(15)19/h3-4,7-8,10-11,13,15,17H,5-6,9H2,1-2H3,(H,18,19). The summed E-state index contributed by atoms with van der Waals surface area (Å²) in [5.74, 6) is 1.46. The Morgan fingerprint density at radius 1 is 1.21 bits per heavy atom. The Kier molecular flexibility index (Phi) is 3.31. The summed E-state index contributed by atoms with van der Waals surface area (Å²) in [6.07, 6.45) is 3.75. The van der Waals surface area contributed by atoms with Gasteiger partial charge < -0.3 is 5.32 Å². The first-order valence-electron chi connectivity index (χ1n) is 7.32. The van der Waals surface area contributed by atoms with Gasteiger partial charge >= 0.3 is 0 Å². The van der Waals surface area contributed by atoms with Crippen LogP contribution in [-0.4, -0.2) is 11.9 Å². The van der Waals surface area contributed by atoms with E-state index in [0.29, 0.717) is 12.0 Å². The van der Waals surface area contributed by atoms with E-state index in [0.717, 1.165) is 17.2 Å². The first-order valence-corrected chi connectivity index (χ1v) is 7.32. The van der Waals surface area contributed by atoms with Crippen LogP contribution in [-0.2, 0) is 4.79 Å². The molecule has 102 valence electrons. The predicted molar refractivity (Wildman–Crippen MR) is 76.9 cm³/mol. The molecule has 19 heavy (non-hydrogen) atoms. The maximum Gasteiger partial charge on any atom is 0.246 e. The topological polar surface area (TPSA) is 41.1 Å². The van der Waals surface area contributed by atoms with Crippen LogP contribution in [0.15, 0.2) is 24.3 Å². The van der Waals surface area contributed by atoms with E-state index >= 15 is 0 Å². The Labute approximate surface area is 114 Å². The van der Waals surface area contributed by atoms with Gasteiger partial charge in [-0.3, -0.25) is 10.1 Å². The third kappa shape index (κ3) is 2.27. The first kappa shape index (κ1) is 12.7. The van der Waals surface area contributed by atoms with Gasteiger partial charge in [-0.1, -0.05) is 44.9 Å². The van der Waals surface area contributed by atoms with Crippen LogP contribution in [0.2, 0.25) is 0 Å². The van der Waals surface area contributed by atoms with Gasteiger partial charge in [0.25, 0.3) is 0 Å². The third-order valence-electron chi connectivity index (χ3n) is 4.88. The lowest BCUT2D eigenvalue weighted by Gasteiger charge is -2.36. The highest BCUT2D eigenvalue weighted by molar-refractivity contribution is 6.02. The molecule has 3 rings (SSSR count). The quantitative estimate of drug-likeness (QED) is 0.856. The molecule has 0 spiro atoms. The summed E-state index contributed by atoms with van der Waals surface area (Å²) in [4.78, 5) is 12.1. The third-order valence-corrected chi connectivity index (χ3v) is 4.88. The monoisotopic (exact) mass is 258 g/mol. The summed E-state index contributed by atoms with van der Waals surface area (Å²) < 4.78 is 0. The van der Waals surface area contributed by atoms with E-state index in [1.54, 1.807) is 0 Å². The number of carbonyl (C=O) groups excluding carboxylic acids is 1. The fourth-order valence-electron chi connectivity index (χ4n) is 3.41. The molecule has 1 aliphatic carbocycles.